The average Bonchev–Trinajstić information content (AvgIpc) is 3.60. The first-order chi connectivity index (χ1) is 16.0. The molecule has 1 amide bonds. The minimum Gasteiger partial charge on any atom is -0.497 e. The molecule has 8 heteroatoms. The molecule has 0 N–H and O–H groups in total. The minimum absolute atomic E-state index is 0.0505. The first-order valence-corrected chi connectivity index (χ1v) is 11.6. The lowest BCUT2D eigenvalue weighted by Crippen LogP contribution is -2.28. The van der Waals surface area contributed by atoms with E-state index in [0.717, 1.165) is 66.6 Å². The summed E-state index contributed by atoms with van der Waals surface area (Å²) in [6.07, 6.45) is 2.69. The van der Waals surface area contributed by atoms with Crippen LogP contribution in [0.2, 0.25) is 0 Å². The Bertz CT molecular complexity index is 1130. The van der Waals surface area contributed by atoms with Crippen molar-refractivity contribution in [2.45, 2.75) is 38.0 Å². The van der Waals surface area contributed by atoms with E-state index in [1.807, 2.05) is 49.2 Å². The van der Waals surface area contributed by atoms with Crippen molar-refractivity contribution >= 4 is 5.91 Å². The van der Waals surface area contributed by atoms with Gasteiger partial charge in [0.15, 0.2) is 5.82 Å². The average molecular weight is 451 g/mol. The SMILES string of the molecule is COc1ccc(-c2cc(C(=O)N3CCC(c4nc(C5CCOCC5)no4)C3)c(C)n2C)cc1. The number of likely N-dealkylation sites (tertiary alicyclic amines) is 1. The highest BCUT2D eigenvalue weighted by molar-refractivity contribution is 5.97. The lowest BCUT2D eigenvalue weighted by Gasteiger charge is -2.18. The maximum atomic E-state index is 13.4. The summed E-state index contributed by atoms with van der Waals surface area (Å²) >= 11 is 0. The van der Waals surface area contributed by atoms with E-state index in [0.29, 0.717) is 24.9 Å². The Morgan fingerprint density at radius 1 is 1.12 bits per heavy atom. The summed E-state index contributed by atoms with van der Waals surface area (Å²) < 4.78 is 18.4. The zero-order valence-electron chi connectivity index (χ0n) is 19.4. The molecule has 2 aromatic heterocycles. The van der Waals surface area contributed by atoms with Crippen molar-refractivity contribution in [3.05, 3.63) is 53.3 Å². The smallest absolute Gasteiger partial charge is 0.255 e. The summed E-state index contributed by atoms with van der Waals surface area (Å²) in [5.74, 6) is 2.68. The Balaban J connectivity index is 1.30. The van der Waals surface area contributed by atoms with E-state index < -0.39 is 0 Å². The summed E-state index contributed by atoms with van der Waals surface area (Å²) in [6, 6.07) is 9.88. The van der Waals surface area contributed by atoms with Crippen LogP contribution in [0.15, 0.2) is 34.9 Å². The molecule has 4 heterocycles. The monoisotopic (exact) mass is 450 g/mol. The maximum Gasteiger partial charge on any atom is 0.255 e. The minimum atomic E-state index is 0.0505. The predicted molar refractivity (Wildman–Crippen MR) is 122 cm³/mol. The van der Waals surface area contributed by atoms with Crippen molar-refractivity contribution in [2.24, 2.45) is 7.05 Å². The number of hydrogen-bond acceptors (Lipinski definition) is 6. The number of amides is 1. The molecule has 2 aliphatic rings. The molecule has 174 valence electrons. The molecule has 1 unspecified atom stereocenters. The van der Waals surface area contributed by atoms with Crippen molar-refractivity contribution in [2.75, 3.05) is 33.4 Å². The molecular weight excluding hydrogens is 420 g/mol. The molecular formula is C25H30N4O4. The maximum absolute atomic E-state index is 13.4. The van der Waals surface area contributed by atoms with Crippen LogP contribution in [0.5, 0.6) is 5.75 Å². The van der Waals surface area contributed by atoms with Gasteiger partial charge in [0.25, 0.3) is 5.91 Å². The number of carbonyl (C=O) groups excluding carboxylic acids is 1. The Hall–Kier alpha value is -3.13. The molecule has 1 aromatic carbocycles. The molecule has 0 spiro atoms. The molecule has 2 aliphatic heterocycles. The van der Waals surface area contributed by atoms with Crippen LogP contribution in [-0.4, -0.2) is 58.9 Å². The van der Waals surface area contributed by atoms with Gasteiger partial charge in [-0.1, -0.05) is 5.16 Å². The number of rotatable bonds is 5. The molecule has 1 atom stereocenters. The van der Waals surface area contributed by atoms with E-state index in [1.54, 1.807) is 7.11 Å². The van der Waals surface area contributed by atoms with Crippen LogP contribution in [0.3, 0.4) is 0 Å². The Morgan fingerprint density at radius 2 is 1.88 bits per heavy atom. The Kier molecular flexibility index (Phi) is 5.93. The van der Waals surface area contributed by atoms with Gasteiger partial charge in [0.05, 0.1) is 18.6 Å². The zero-order valence-corrected chi connectivity index (χ0v) is 19.4. The molecule has 0 saturated carbocycles. The third-order valence-electron chi connectivity index (χ3n) is 7.02. The topological polar surface area (TPSA) is 82.6 Å². The molecule has 0 radical (unpaired) electrons. The molecule has 3 aromatic rings. The molecule has 2 fully saturated rings. The lowest BCUT2D eigenvalue weighted by atomic mass is 10.00. The molecule has 0 bridgehead atoms. The quantitative estimate of drug-likeness (QED) is 0.586. The van der Waals surface area contributed by atoms with Crippen LogP contribution in [0.4, 0.5) is 0 Å². The van der Waals surface area contributed by atoms with Crippen molar-refractivity contribution in [3.63, 3.8) is 0 Å². The summed E-state index contributed by atoms with van der Waals surface area (Å²) in [4.78, 5) is 20.0. The molecule has 2 saturated heterocycles. The lowest BCUT2D eigenvalue weighted by molar-refractivity contribution is 0.0788. The van der Waals surface area contributed by atoms with Gasteiger partial charge in [-0.2, -0.15) is 4.98 Å². The van der Waals surface area contributed by atoms with Crippen LogP contribution in [-0.2, 0) is 11.8 Å². The van der Waals surface area contributed by atoms with E-state index in [2.05, 4.69) is 14.7 Å². The van der Waals surface area contributed by atoms with Crippen molar-refractivity contribution in [3.8, 4) is 17.0 Å². The van der Waals surface area contributed by atoms with Crippen molar-refractivity contribution < 1.29 is 18.8 Å². The predicted octanol–water partition coefficient (Wildman–Crippen LogP) is 3.92. The Morgan fingerprint density at radius 3 is 2.61 bits per heavy atom. The van der Waals surface area contributed by atoms with E-state index in [1.165, 1.54) is 0 Å². The second kappa shape index (κ2) is 9.02. The third-order valence-corrected chi connectivity index (χ3v) is 7.02. The van der Waals surface area contributed by atoms with Gasteiger partial charge in [0.2, 0.25) is 5.89 Å². The van der Waals surface area contributed by atoms with Gasteiger partial charge in [0, 0.05) is 50.7 Å². The van der Waals surface area contributed by atoms with Crippen LogP contribution in [0, 0.1) is 6.92 Å². The normalized spacial score (nSPS) is 19.2. The van der Waals surface area contributed by atoms with Crippen LogP contribution in [0.25, 0.3) is 11.3 Å². The Labute approximate surface area is 193 Å². The first kappa shape index (κ1) is 21.7. The van der Waals surface area contributed by atoms with Gasteiger partial charge < -0.3 is 23.5 Å². The molecule has 5 rings (SSSR count). The highest BCUT2D eigenvalue weighted by atomic mass is 16.5. The van der Waals surface area contributed by atoms with Crippen LogP contribution in [0.1, 0.15) is 58.9 Å². The fourth-order valence-electron chi connectivity index (χ4n) is 4.81. The molecule has 33 heavy (non-hydrogen) atoms. The fraction of sp³-hybridized carbons (Fsp3) is 0.480. The number of ether oxygens (including phenoxy) is 2. The summed E-state index contributed by atoms with van der Waals surface area (Å²) in [5, 5.41) is 4.23. The number of methoxy groups -OCH3 is 1. The van der Waals surface area contributed by atoms with E-state index >= 15 is 0 Å². The van der Waals surface area contributed by atoms with Gasteiger partial charge in [0.1, 0.15) is 5.75 Å². The highest BCUT2D eigenvalue weighted by Crippen LogP contribution is 2.32. The van der Waals surface area contributed by atoms with Gasteiger partial charge >= 0.3 is 0 Å². The van der Waals surface area contributed by atoms with Gasteiger partial charge in [-0.25, -0.2) is 0 Å². The number of hydrogen-bond donors (Lipinski definition) is 0. The number of benzene rings is 1. The third kappa shape index (κ3) is 4.15. The second-order valence-electron chi connectivity index (χ2n) is 8.93. The first-order valence-electron chi connectivity index (χ1n) is 11.6. The van der Waals surface area contributed by atoms with Gasteiger partial charge in [-0.05, 0) is 62.1 Å². The number of carbonyl (C=O) groups is 1. The standard InChI is InChI=1S/C25H30N4O4/c1-16-21(14-22(28(16)2)17-4-6-20(31-3)7-5-17)25(30)29-11-8-19(15-29)24-26-23(27-33-24)18-9-12-32-13-10-18/h4-7,14,18-19H,8-13,15H2,1-3H3. The van der Waals surface area contributed by atoms with Crippen LogP contribution >= 0.6 is 0 Å². The summed E-state index contributed by atoms with van der Waals surface area (Å²) in [7, 11) is 3.65. The molecule has 8 nitrogen and oxygen atoms in total. The summed E-state index contributed by atoms with van der Waals surface area (Å²) in [5.41, 5.74) is 3.74. The van der Waals surface area contributed by atoms with Crippen molar-refractivity contribution in [1.82, 2.24) is 19.6 Å². The van der Waals surface area contributed by atoms with E-state index in [4.69, 9.17) is 14.0 Å². The fourth-order valence-corrected chi connectivity index (χ4v) is 4.81. The van der Waals surface area contributed by atoms with E-state index in [9.17, 15) is 4.79 Å². The second-order valence-corrected chi connectivity index (χ2v) is 8.93. The number of nitrogens with zero attached hydrogens (tertiary/aromatic N) is 4. The summed E-state index contributed by atoms with van der Waals surface area (Å²) in [6.45, 7) is 4.77. The number of aromatic nitrogens is 3. The molecule has 0 aliphatic carbocycles. The van der Waals surface area contributed by atoms with Crippen LogP contribution < -0.4 is 4.74 Å². The van der Waals surface area contributed by atoms with Crippen molar-refractivity contribution in [1.29, 1.82) is 0 Å². The van der Waals surface area contributed by atoms with Gasteiger partial charge in [-0.15, -0.1) is 0 Å². The highest BCUT2D eigenvalue weighted by Gasteiger charge is 2.33. The van der Waals surface area contributed by atoms with E-state index in [-0.39, 0.29) is 11.8 Å². The largest absolute Gasteiger partial charge is 0.497 e. The van der Waals surface area contributed by atoms with Gasteiger partial charge in [-0.3, -0.25) is 4.79 Å². The zero-order chi connectivity index (χ0) is 22.9.